The zero-order valence-electron chi connectivity index (χ0n) is 13.9. The number of rotatable bonds is 4. The van der Waals surface area contributed by atoms with Gasteiger partial charge in [-0.15, -0.1) is 0 Å². The van der Waals surface area contributed by atoms with Crippen LogP contribution in [0.25, 0.3) is 0 Å². The zero-order valence-corrected chi connectivity index (χ0v) is 13.9. The molecule has 0 unspecified atom stereocenters. The van der Waals surface area contributed by atoms with Crippen molar-refractivity contribution in [2.75, 3.05) is 6.54 Å². The monoisotopic (exact) mass is 308 g/mol. The Morgan fingerprint density at radius 2 is 1.91 bits per heavy atom. The van der Waals surface area contributed by atoms with Crippen molar-refractivity contribution in [1.82, 2.24) is 10.2 Å². The first kappa shape index (κ1) is 15.6. The highest BCUT2D eigenvalue weighted by atomic mass is 16.2. The normalized spacial score (nSPS) is 16.0. The molecule has 0 bridgehead atoms. The van der Waals surface area contributed by atoms with Crippen LogP contribution in [0.5, 0.6) is 0 Å². The van der Waals surface area contributed by atoms with Crippen LogP contribution in [0.2, 0.25) is 0 Å². The molecule has 1 aliphatic carbocycles. The van der Waals surface area contributed by atoms with Crippen LogP contribution in [0.15, 0.2) is 48.5 Å². The Bertz CT molecular complexity index is 678. The van der Waals surface area contributed by atoms with E-state index >= 15 is 0 Å². The number of nitrogens with one attached hydrogen (secondary N) is 1. The molecule has 2 amide bonds. The predicted molar refractivity (Wildman–Crippen MR) is 93.3 cm³/mol. The van der Waals surface area contributed by atoms with Gasteiger partial charge in [0.1, 0.15) is 0 Å². The Balaban J connectivity index is 1.87. The molecule has 0 saturated carbocycles. The van der Waals surface area contributed by atoms with E-state index in [2.05, 4.69) is 60.8 Å². The number of fused-ring (bicyclic) bond motifs is 1. The topological polar surface area (TPSA) is 32.3 Å². The van der Waals surface area contributed by atoms with E-state index in [-0.39, 0.29) is 12.1 Å². The molecule has 2 aromatic carbocycles. The first-order valence-corrected chi connectivity index (χ1v) is 8.37. The van der Waals surface area contributed by atoms with Gasteiger partial charge >= 0.3 is 6.03 Å². The summed E-state index contributed by atoms with van der Waals surface area (Å²) < 4.78 is 0. The quantitative estimate of drug-likeness (QED) is 0.901. The van der Waals surface area contributed by atoms with E-state index in [4.69, 9.17) is 0 Å². The summed E-state index contributed by atoms with van der Waals surface area (Å²) in [6, 6.07) is 17.1. The van der Waals surface area contributed by atoms with Gasteiger partial charge in [-0.2, -0.15) is 0 Å². The Labute approximate surface area is 138 Å². The number of carbonyl (C=O) groups excluding carboxylic acids is 1. The maximum atomic E-state index is 12.6. The molecule has 120 valence electrons. The highest BCUT2D eigenvalue weighted by Crippen LogP contribution is 2.36. The first-order valence-electron chi connectivity index (χ1n) is 8.37. The molecule has 23 heavy (non-hydrogen) atoms. The fourth-order valence-corrected chi connectivity index (χ4v) is 3.32. The van der Waals surface area contributed by atoms with E-state index in [1.165, 1.54) is 22.3 Å². The highest BCUT2D eigenvalue weighted by molar-refractivity contribution is 5.75. The minimum Gasteiger partial charge on any atom is -0.338 e. The molecule has 2 aromatic rings. The molecule has 1 N–H and O–H groups in total. The van der Waals surface area contributed by atoms with E-state index in [0.29, 0.717) is 13.1 Å². The second kappa shape index (κ2) is 6.86. The van der Waals surface area contributed by atoms with Gasteiger partial charge < -0.3 is 10.2 Å². The predicted octanol–water partition coefficient (Wildman–Crippen LogP) is 4.21. The lowest BCUT2D eigenvalue weighted by atomic mass is 10.1. The molecular formula is C20H24N2O. The summed E-state index contributed by atoms with van der Waals surface area (Å²) in [4.78, 5) is 14.6. The van der Waals surface area contributed by atoms with Crippen LogP contribution in [0.3, 0.4) is 0 Å². The van der Waals surface area contributed by atoms with Gasteiger partial charge in [-0.05, 0) is 43.4 Å². The van der Waals surface area contributed by atoms with E-state index in [1.54, 1.807) is 0 Å². The molecule has 3 heteroatoms. The molecule has 1 atom stereocenters. The summed E-state index contributed by atoms with van der Waals surface area (Å²) in [6.45, 7) is 5.34. The van der Waals surface area contributed by atoms with Gasteiger partial charge in [0.15, 0.2) is 0 Å². The van der Waals surface area contributed by atoms with Crippen LogP contribution in [0.1, 0.15) is 41.6 Å². The molecule has 3 nitrogen and oxygen atoms in total. The zero-order chi connectivity index (χ0) is 16.2. The van der Waals surface area contributed by atoms with Crippen LogP contribution in [0, 0.1) is 6.92 Å². The molecule has 0 fully saturated rings. The lowest BCUT2D eigenvalue weighted by Crippen LogP contribution is -2.41. The minimum atomic E-state index is 0.0229. The number of hydrogen-bond donors (Lipinski definition) is 1. The van der Waals surface area contributed by atoms with Crippen molar-refractivity contribution >= 4 is 6.03 Å². The molecule has 0 spiro atoms. The fraction of sp³-hybridized carbons (Fsp3) is 0.350. The average molecular weight is 308 g/mol. The third kappa shape index (κ3) is 3.39. The van der Waals surface area contributed by atoms with Crippen molar-refractivity contribution in [1.29, 1.82) is 0 Å². The lowest BCUT2D eigenvalue weighted by molar-refractivity contribution is 0.170. The number of carbonyl (C=O) groups is 1. The van der Waals surface area contributed by atoms with Crippen molar-refractivity contribution in [2.24, 2.45) is 0 Å². The van der Waals surface area contributed by atoms with Crippen molar-refractivity contribution in [3.8, 4) is 0 Å². The minimum absolute atomic E-state index is 0.0229. The molecule has 0 radical (unpaired) electrons. The van der Waals surface area contributed by atoms with Crippen LogP contribution in [0.4, 0.5) is 4.79 Å². The highest BCUT2D eigenvalue weighted by Gasteiger charge is 2.30. The number of urea groups is 1. The fourth-order valence-electron chi connectivity index (χ4n) is 3.32. The smallest absolute Gasteiger partial charge is 0.318 e. The number of hydrogen-bond acceptors (Lipinski definition) is 1. The Hall–Kier alpha value is -2.29. The summed E-state index contributed by atoms with van der Waals surface area (Å²) in [7, 11) is 0. The third-order valence-corrected chi connectivity index (χ3v) is 4.54. The number of nitrogens with zero attached hydrogens (tertiary/aromatic N) is 1. The van der Waals surface area contributed by atoms with E-state index in [0.717, 1.165) is 12.8 Å². The summed E-state index contributed by atoms with van der Waals surface area (Å²) >= 11 is 0. The SMILES string of the molecule is CCNC(=O)N(Cc1ccc(C)cc1)[C@@H]1CCc2ccccc21. The molecule has 0 aromatic heterocycles. The lowest BCUT2D eigenvalue weighted by Gasteiger charge is -2.30. The van der Waals surface area contributed by atoms with Gasteiger partial charge in [0.05, 0.1) is 6.04 Å². The molecule has 0 saturated heterocycles. The van der Waals surface area contributed by atoms with Gasteiger partial charge in [-0.25, -0.2) is 4.79 Å². The number of aryl methyl sites for hydroxylation is 2. The second-order valence-electron chi connectivity index (χ2n) is 6.20. The number of amides is 2. The summed E-state index contributed by atoms with van der Waals surface area (Å²) in [5, 5.41) is 2.97. The molecule has 0 heterocycles. The van der Waals surface area contributed by atoms with Crippen molar-refractivity contribution in [2.45, 2.75) is 39.3 Å². The van der Waals surface area contributed by atoms with Crippen LogP contribution in [-0.4, -0.2) is 17.5 Å². The van der Waals surface area contributed by atoms with Crippen LogP contribution in [-0.2, 0) is 13.0 Å². The van der Waals surface area contributed by atoms with Gasteiger partial charge in [-0.1, -0.05) is 54.1 Å². The van der Waals surface area contributed by atoms with Crippen LogP contribution >= 0.6 is 0 Å². The van der Waals surface area contributed by atoms with Gasteiger partial charge in [0, 0.05) is 13.1 Å². The summed E-state index contributed by atoms with van der Waals surface area (Å²) in [6.07, 6.45) is 2.05. The van der Waals surface area contributed by atoms with E-state index in [9.17, 15) is 4.79 Å². The summed E-state index contributed by atoms with van der Waals surface area (Å²) in [5.74, 6) is 0. The average Bonchev–Trinajstić information content (AvgIpc) is 2.98. The Morgan fingerprint density at radius 1 is 1.17 bits per heavy atom. The Morgan fingerprint density at radius 3 is 2.65 bits per heavy atom. The molecule has 3 rings (SSSR count). The van der Waals surface area contributed by atoms with Gasteiger partial charge in [-0.3, -0.25) is 0 Å². The second-order valence-corrected chi connectivity index (χ2v) is 6.20. The van der Waals surface area contributed by atoms with Gasteiger partial charge in [0.25, 0.3) is 0 Å². The maximum Gasteiger partial charge on any atom is 0.318 e. The molecular weight excluding hydrogens is 284 g/mol. The first-order chi connectivity index (χ1) is 11.2. The number of benzene rings is 2. The standard InChI is InChI=1S/C20H24N2O/c1-3-21-20(23)22(14-16-10-8-15(2)9-11-16)19-13-12-17-6-4-5-7-18(17)19/h4-11,19H,3,12-14H2,1-2H3,(H,21,23)/t19-/m1/s1. The maximum absolute atomic E-state index is 12.6. The molecule has 0 aliphatic heterocycles. The third-order valence-electron chi connectivity index (χ3n) is 4.54. The van der Waals surface area contributed by atoms with Crippen molar-refractivity contribution in [3.63, 3.8) is 0 Å². The van der Waals surface area contributed by atoms with Gasteiger partial charge in [0.2, 0.25) is 0 Å². The van der Waals surface area contributed by atoms with E-state index < -0.39 is 0 Å². The van der Waals surface area contributed by atoms with Crippen molar-refractivity contribution < 1.29 is 4.79 Å². The molecule has 1 aliphatic rings. The van der Waals surface area contributed by atoms with Crippen LogP contribution < -0.4 is 5.32 Å². The Kier molecular flexibility index (Phi) is 4.65. The van der Waals surface area contributed by atoms with Crippen molar-refractivity contribution in [3.05, 3.63) is 70.8 Å². The summed E-state index contributed by atoms with van der Waals surface area (Å²) in [5.41, 5.74) is 5.08. The largest absolute Gasteiger partial charge is 0.338 e. The van der Waals surface area contributed by atoms with E-state index in [1.807, 2.05) is 11.8 Å².